The summed E-state index contributed by atoms with van der Waals surface area (Å²) in [7, 11) is 1.72. The second-order valence-electron chi connectivity index (χ2n) is 7.41. The van der Waals surface area contributed by atoms with E-state index >= 15 is 0 Å². The average Bonchev–Trinajstić information content (AvgIpc) is 3.54. The second kappa shape index (κ2) is 10.7. The molecule has 0 aliphatic rings. The Balaban J connectivity index is 1.29. The van der Waals surface area contributed by atoms with E-state index in [1.807, 2.05) is 54.6 Å². The second-order valence-corrected chi connectivity index (χ2v) is 8.73. The van der Waals surface area contributed by atoms with E-state index in [9.17, 15) is 0 Å². The van der Waals surface area contributed by atoms with Crippen LogP contribution in [0, 0.1) is 0 Å². The molecule has 0 atom stereocenters. The van der Waals surface area contributed by atoms with Gasteiger partial charge in [0.2, 0.25) is 11.7 Å². The van der Waals surface area contributed by atoms with Gasteiger partial charge in [-0.3, -0.25) is 0 Å². The van der Waals surface area contributed by atoms with Crippen LogP contribution < -0.4 is 4.74 Å². The topological polar surface area (TPSA) is 113 Å². The Labute approximate surface area is 218 Å². The van der Waals surface area contributed by atoms with Crippen molar-refractivity contribution in [2.75, 3.05) is 0 Å². The van der Waals surface area contributed by atoms with Gasteiger partial charge in [-0.15, -0.1) is 15.3 Å². The van der Waals surface area contributed by atoms with E-state index in [0.717, 1.165) is 10.0 Å². The van der Waals surface area contributed by atoms with Gasteiger partial charge >= 0.3 is 0 Å². The molecule has 180 valence electrons. The number of rotatable bonds is 8. The highest BCUT2D eigenvalue weighted by molar-refractivity contribution is 9.10. The summed E-state index contributed by atoms with van der Waals surface area (Å²) >= 11 is 9.82. The first-order valence-corrected chi connectivity index (χ1v) is 11.8. The minimum atomic E-state index is -0.0485. The summed E-state index contributed by atoms with van der Waals surface area (Å²) in [4.78, 5) is 5.52. The number of hydrogen-bond donors (Lipinski definition) is 0. The minimum Gasteiger partial charge on any atom is -0.456 e. The maximum atomic E-state index is 6.42. The first-order chi connectivity index (χ1) is 17.6. The summed E-state index contributed by atoms with van der Waals surface area (Å²) in [6, 6.07) is 22.1. The summed E-state index contributed by atoms with van der Waals surface area (Å²) in [6.45, 7) is -0.0485. The van der Waals surface area contributed by atoms with Gasteiger partial charge in [-0.25, -0.2) is 4.68 Å². The summed E-state index contributed by atoms with van der Waals surface area (Å²) < 4.78 is 14.0. The number of aryl methyl sites for hydroxylation is 1. The first-order valence-electron chi connectivity index (χ1n) is 10.6. The molecule has 5 rings (SSSR count). The molecule has 0 spiro atoms. The molecular weight excluding hydrogens is 550 g/mol. The van der Waals surface area contributed by atoms with Crippen molar-refractivity contribution in [3.63, 3.8) is 0 Å². The molecule has 0 radical (unpaired) electrons. The highest BCUT2D eigenvalue weighted by atomic mass is 79.9. The zero-order valence-electron chi connectivity index (χ0n) is 18.7. The molecule has 10 nitrogen and oxygen atoms in total. The Bertz CT molecular complexity index is 1500. The van der Waals surface area contributed by atoms with Crippen molar-refractivity contribution in [2.24, 2.45) is 12.2 Å². The van der Waals surface area contributed by atoms with Crippen LogP contribution in [0.2, 0.25) is 5.02 Å². The molecule has 0 bridgehead atoms. The predicted octanol–water partition coefficient (Wildman–Crippen LogP) is 5.44. The normalized spacial score (nSPS) is 11.5. The Hall–Kier alpha value is -4.09. The maximum absolute atomic E-state index is 6.42. The molecule has 0 unspecified atom stereocenters. The van der Waals surface area contributed by atoms with E-state index in [4.69, 9.17) is 25.6 Å². The Morgan fingerprint density at radius 2 is 1.83 bits per heavy atom. The minimum absolute atomic E-state index is 0.0485. The molecule has 0 saturated carbocycles. The van der Waals surface area contributed by atoms with Crippen molar-refractivity contribution in [2.45, 2.75) is 6.61 Å². The lowest BCUT2D eigenvalue weighted by molar-refractivity contribution is 0.111. The Morgan fingerprint density at radius 1 is 1.03 bits per heavy atom. The van der Waals surface area contributed by atoms with Gasteiger partial charge in [-0.1, -0.05) is 63.0 Å². The van der Waals surface area contributed by atoms with Gasteiger partial charge in [-0.2, -0.15) is 0 Å². The molecule has 0 aliphatic heterocycles. The first kappa shape index (κ1) is 23.6. The summed E-state index contributed by atoms with van der Waals surface area (Å²) in [5.41, 5.74) is 1.90. The largest absolute Gasteiger partial charge is 0.456 e. The molecule has 12 heteroatoms. The fourth-order valence-electron chi connectivity index (χ4n) is 3.18. The zero-order valence-corrected chi connectivity index (χ0v) is 21.1. The van der Waals surface area contributed by atoms with Gasteiger partial charge in [0.25, 0.3) is 5.89 Å². The summed E-state index contributed by atoms with van der Waals surface area (Å²) in [5.74, 6) is 2.15. The quantitative estimate of drug-likeness (QED) is 0.180. The van der Waals surface area contributed by atoms with Crippen LogP contribution in [0.15, 0.2) is 86.8 Å². The third-order valence-electron chi connectivity index (χ3n) is 4.91. The van der Waals surface area contributed by atoms with Crippen molar-refractivity contribution >= 4 is 33.2 Å². The van der Waals surface area contributed by atoms with Crippen LogP contribution in [0.1, 0.15) is 17.3 Å². The molecule has 2 heterocycles. The van der Waals surface area contributed by atoms with Gasteiger partial charge in [0, 0.05) is 22.6 Å². The lowest BCUT2D eigenvalue weighted by Crippen LogP contribution is -2.12. The molecule has 36 heavy (non-hydrogen) atoms. The molecule has 0 saturated heterocycles. The van der Waals surface area contributed by atoms with Crippen LogP contribution in [0.4, 0.5) is 0 Å². The third-order valence-corrected chi connectivity index (χ3v) is 5.73. The molecule has 3 aromatic carbocycles. The Morgan fingerprint density at radius 3 is 2.56 bits per heavy atom. The predicted molar refractivity (Wildman–Crippen MR) is 135 cm³/mol. The number of oxime groups is 1. The van der Waals surface area contributed by atoms with Gasteiger partial charge in [0.1, 0.15) is 11.5 Å². The number of halogens is 2. The van der Waals surface area contributed by atoms with Crippen molar-refractivity contribution in [3.8, 4) is 23.0 Å². The number of nitrogens with zero attached hydrogens (tertiary/aromatic N) is 7. The van der Waals surface area contributed by atoms with E-state index in [-0.39, 0.29) is 18.4 Å². The number of ether oxygens (including phenoxy) is 1. The number of tetrazole rings is 1. The van der Waals surface area contributed by atoms with E-state index in [0.29, 0.717) is 33.6 Å². The van der Waals surface area contributed by atoms with Crippen molar-refractivity contribution < 1.29 is 14.0 Å². The Kier molecular flexibility index (Phi) is 7.01. The van der Waals surface area contributed by atoms with E-state index < -0.39 is 0 Å². The van der Waals surface area contributed by atoms with E-state index in [2.05, 4.69) is 46.8 Å². The highest BCUT2D eigenvalue weighted by Gasteiger charge is 2.16. The van der Waals surface area contributed by atoms with Crippen molar-refractivity contribution in [1.29, 1.82) is 0 Å². The molecule has 0 N–H and O–H groups in total. The van der Waals surface area contributed by atoms with Crippen molar-refractivity contribution in [3.05, 3.63) is 99.6 Å². The highest BCUT2D eigenvalue weighted by Crippen LogP contribution is 2.33. The lowest BCUT2D eigenvalue weighted by Gasteiger charge is -2.08. The SMILES string of the molecule is Cn1nnnc1/C(=N\OCc1nnc(-c2ccc(Oc3ccc(Br)cc3)c(Cl)c2)o1)c1ccccc1. The maximum Gasteiger partial charge on any atom is 0.257 e. The molecule has 0 aliphatic carbocycles. The molecule has 0 fully saturated rings. The number of benzene rings is 3. The zero-order chi connectivity index (χ0) is 24.9. The van der Waals surface area contributed by atoms with E-state index in [1.54, 1.807) is 25.2 Å². The van der Waals surface area contributed by atoms with Crippen LogP contribution in [0.5, 0.6) is 11.5 Å². The fourth-order valence-corrected chi connectivity index (χ4v) is 3.66. The van der Waals surface area contributed by atoms with Crippen LogP contribution >= 0.6 is 27.5 Å². The smallest absolute Gasteiger partial charge is 0.257 e. The van der Waals surface area contributed by atoms with Crippen LogP contribution in [-0.2, 0) is 18.5 Å². The summed E-state index contributed by atoms with van der Waals surface area (Å²) in [5, 5.41) is 24.3. The number of hydrogen-bond acceptors (Lipinski definition) is 9. The molecule has 5 aromatic rings. The van der Waals surface area contributed by atoms with Crippen molar-refractivity contribution in [1.82, 2.24) is 30.4 Å². The van der Waals surface area contributed by atoms with Crippen LogP contribution in [0.3, 0.4) is 0 Å². The van der Waals surface area contributed by atoms with Crippen LogP contribution in [-0.4, -0.2) is 36.1 Å². The van der Waals surface area contributed by atoms with Gasteiger partial charge < -0.3 is 14.0 Å². The van der Waals surface area contributed by atoms with Gasteiger partial charge in [0.15, 0.2) is 12.3 Å². The average molecular weight is 567 g/mol. The fraction of sp³-hybridized carbons (Fsp3) is 0.0833. The number of aromatic nitrogens is 6. The monoisotopic (exact) mass is 565 g/mol. The molecule has 2 aromatic heterocycles. The van der Waals surface area contributed by atoms with E-state index in [1.165, 1.54) is 4.68 Å². The lowest BCUT2D eigenvalue weighted by atomic mass is 10.1. The summed E-state index contributed by atoms with van der Waals surface area (Å²) in [6.07, 6.45) is 0. The standard InChI is InChI=1S/C24H17BrClN7O3/c1-33-23(28-31-32-33)22(15-5-3-2-4-6-15)30-34-14-21-27-29-24(36-21)16-7-12-20(19(26)13-16)35-18-10-8-17(25)9-11-18/h2-13H,14H2,1H3/b30-22-. The van der Waals surface area contributed by atoms with Gasteiger partial charge in [0.05, 0.1) is 5.02 Å². The van der Waals surface area contributed by atoms with Crippen LogP contribution in [0.25, 0.3) is 11.5 Å². The molecule has 0 amide bonds. The third kappa shape index (κ3) is 5.42. The molecular formula is C24H17BrClN7O3. The van der Waals surface area contributed by atoms with Gasteiger partial charge in [-0.05, 0) is 52.9 Å².